The second kappa shape index (κ2) is 7.27. The number of amides is 1. The van der Waals surface area contributed by atoms with Crippen LogP contribution in [0.3, 0.4) is 0 Å². The average molecular weight is 339 g/mol. The number of rotatable bonds is 5. The molecule has 25 heavy (non-hydrogen) atoms. The summed E-state index contributed by atoms with van der Waals surface area (Å²) in [6, 6.07) is 13.7. The van der Waals surface area contributed by atoms with Gasteiger partial charge in [0.15, 0.2) is 11.5 Å². The van der Waals surface area contributed by atoms with Gasteiger partial charge in [0.05, 0.1) is 0 Å². The van der Waals surface area contributed by atoms with E-state index < -0.39 is 0 Å². The number of hydrogen-bond donors (Lipinski definition) is 2. The van der Waals surface area contributed by atoms with Crippen LogP contribution in [0.15, 0.2) is 48.4 Å². The van der Waals surface area contributed by atoms with E-state index >= 15 is 0 Å². The highest BCUT2D eigenvalue weighted by molar-refractivity contribution is 5.75. The van der Waals surface area contributed by atoms with Crippen molar-refractivity contribution in [2.45, 2.75) is 12.8 Å². The van der Waals surface area contributed by atoms with Crippen molar-refractivity contribution < 1.29 is 14.3 Å². The zero-order chi connectivity index (χ0) is 17.8. The number of hydrazine groups is 1. The normalized spacial score (nSPS) is 13.8. The maximum atomic E-state index is 11.2. The second-order valence-electron chi connectivity index (χ2n) is 6.00. The number of aryl methyl sites for hydroxylation is 1. The Balaban J connectivity index is 1.69. The molecule has 0 radical (unpaired) electrons. The van der Waals surface area contributed by atoms with E-state index in [1.807, 2.05) is 67.5 Å². The largest absolute Gasteiger partial charge is 0.422 e. The fraction of sp³-hybridized carbons (Fsp3) is 0.211. The Morgan fingerprint density at radius 1 is 1.12 bits per heavy atom. The topological polar surface area (TPSA) is 76.8 Å². The van der Waals surface area contributed by atoms with E-state index in [0.29, 0.717) is 30.3 Å². The minimum absolute atomic E-state index is 0.195. The molecule has 3 N–H and O–H groups in total. The highest BCUT2D eigenvalue weighted by Gasteiger charge is 2.19. The minimum Gasteiger partial charge on any atom is -0.422 e. The molecule has 1 aliphatic heterocycles. The molecule has 2 aromatic carbocycles. The highest BCUT2D eigenvalue weighted by Crippen LogP contribution is 2.37. The summed E-state index contributed by atoms with van der Waals surface area (Å²) in [4.78, 5) is 13.3. The molecule has 0 saturated heterocycles. The van der Waals surface area contributed by atoms with Gasteiger partial charge in [-0.1, -0.05) is 18.2 Å². The molecule has 0 saturated carbocycles. The molecule has 2 aromatic rings. The van der Waals surface area contributed by atoms with Gasteiger partial charge in [-0.15, -0.1) is 0 Å². The van der Waals surface area contributed by atoms with Gasteiger partial charge in [0.25, 0.3) is 5.95 Å². The maximum absolute atomic E-state index is 11.2. The number of carbonyl (C=O) groups is 1. The lowest BCUT2D eigenvalue weighted by Gasteiger charge is -2.11. The smallest absolute Gasteiger partial charge is 0.291 e. The number of nitrogens with one attached hydrogen (secondary N) is 1. The van der Waals surface area contributed by atoms with E-state index in [1.165, 1.54) is 0 Å². The quantitative estimate of drug-likeness (QED) is 0.497. The van der Waals surface area contributed by atoms with Gasteiger partial charge < -0.3 is 14.4 Å². The first kappa shape index (κ1) is 16.9. The lowest BCUT2D eigenvalue weighted by atomic mass is 10.1. The number of hydrogen-bond acceptors (Lipinski definition) is 5. The Morgan fingerprint density at radius 2 is 1.84 bits per heavy atom. The number of nitrogens with zero attached hydrogens (tertiary/aromatic N) is 1. The summed E-state index contributed by atoms with van der Waals surface area (Å²) in [7, 11) is 4.00. The predicted octanol–water partition coefficient (Wildman–Crippen LogP) is 2.44. The van der Waals surface area contributed by atoms with Gasteiger partial charge in [0.1, 0.15) is 0 Å². The first-order valence-corrected chi connectivity index (χ1v) is 8.02. The molecule has 1 heterocycles. The van der Waals surface area contributed by atoms with Crippen LogP contribution in [0.25, 0.3) is 6.08 Å². The molecule has 0 atom stereocenters. The Bertz CT molecular complexity index is 798. The molecule has 6 nitrogen and oxygen atoms in total. The molecule has 1 amide bonds. The number of fused-ring (bicyclic) bond motifs is 1. The van der Waals surface area contributed by atoms with Gasteiger partial charge in [-0.25, -0.2) is 5.84 Å². The number of benzene rings is 2. The number of anilines is 1. The summed E-state index contributed by atoms with van der Waals surface area (Å²) < 4.78 is 11.5. The molecular weight excluding hydrogens is 318 g/mol. The van der Waals surface area contributed by atoms with E-state index in [0.717, 1.165) is 16.8 Å². The third kappa shape index (κ3) is 4.10. The van der Waals surface area contributed by atoms with Gasteiger partial charge in [0, 0.05) is 32.3 Å². The van der Waals surface area contributed by atoms with Crippen molar-refractivity contribution >= 4 is 17.7 Å². The Morgan fingerprint density at radius 3 is 2.52 bits per heavy atom. The van der Waals surface area contributed by atoms with Crippen LogP contribution in [0.2, 0.25) is 0 Å². The molecule has 0 unspecified atom stereocenters. The Labute approximate surface area is 146 Å². The van der Waals surface area contributed by atoms with E-state index in [2.05, 4.69) is 5.43 Å². The number of ether oxygens (including phenoxy) is 2. The fourth-order valence-corrected chi connectivity index (χ4v) is 2.50. The average Bonchev–Trinajstić information content (AvgIpc) is 3.01. The third-order valence-electron chi connectivity index (χ3n) is 3.92. The van der Waals surface area contributed by atoms with Crippen molar-refractivity contribution in [3.05, 3.63) is 59.5 Å². The van der Waals surface area contributed by atoms with Crippen molar-refractivity contribution in [1.29, 1.82) is 0 Å². The summed E-state index contributed by atoms with van der Waals surface area (Å²) in [5.41, 5.74) is 5.24. The van der Waals surface area contributed by atoms with Crippen LogP contribution in [-0.2, 0) is 11.2 Å². The van der Waals surface area contributed by atoms with Crippen LogP contribution in [0, 0.1) is 0 Å². The molecule has 0 fully saturated rings. The van der Waals surface area contributed by atoms with E-state index in [-0.39, 0.29) is 5.91 Å². The first-order chi connectivity index (χ1) is 12.0. The molecule has 0 bridgehead atoms. The van der Waals surface area contributed by atoms with Crippen molar-refractivity contribution in [3.63, 3.8) is 0 Å². The SMILES string of the molecule is CN(C)c1ccc(/C=C2/Oc3ccc(CCC(=O)NN)cc3O2)cc1. The number of nitrogens with two attached hydrogens (primary N) is 1. The molecule has 0 spiro atoms. The monoisotopic (exact) mass is 339 g/mol. The molecule has 6 heteroatoms. The lowest BCUT2D eigenvalue weighted by Crippen LogP contribution is -2.30. The molecule has 3 rings (SSSR count). The first-order valence-electron chi connectivity index (χ1n) is 8.02. The predicted molar refractivity (Wildman–Crippen MR) is 97.1 cm³/mol. The second-order valence-corrected chi connectivity index (χ2v) is 6.00. The van der Waals surface area contributed by atoms with Crippen LogP contribution < -0.4 is 25.6 Å². The van der Waals surface area contributed by atoms with E-state index in [9.17, 15) is 4.79 Å². The Kier molecular flexibility index (Phi) is 4.90. The molecule has 130 valence electrons. The van der Waals surface area contributed by atoms with Crippen molar-refractivity contribution in [3.8, 4) is 11.5 Å². The summed E-state index contributed by atoms with van der Waals surface area (Å²) in [5, 5.41) is 0. The van der Waals surface area contributed by atoms with Crippen LogP contribution in [0.4, 0.5) is 5.69 Å². The molecule has 1 aliphatic rings. The van der Waals surface area contributed by atoms with Crippen molar-refractivity contribution in [1.82, 2.24) is 5.43 Å². The van der Waals surface area contributed by atoms with Crippen molar-refractivity contribution in [2.24, 2.45) is 5.84 Å². The van der Waals surface area contributed by atoms with Crippen molar-refractivity contribution in [2.75, 3.05) is 19.0 Å². The summed E-state index contributed by atoms with van der Waals surface area (Å²) in [5.74, 6) is 6.65. The number of carbonyl (C=O) groups excluding carboxylic acids is 1. The van der Waals surface area contributed by atoms with Gasteiger partial charge in [-0.05, 0) is 41.8 Å². The van der Waals surface area contributed by atoms with Crippen LogP contribution in [0.5, 0.6) is 11.5 Å². The van der Waals surface area contributed by atoms with Crippen LogP contribution in [0.1, 0.15) is 17.5 Å². The highest BCUT2D eigenvalue weighted by atomic mass is 16.7. The lowest BCUT2D eigenvalue weighted by molar-refractivity contribution is -0.121. The molecule has 0 aromatic heterocycles. The zero-order valence-corrected chi connectivity index (χ0v) is 14.3. The summed E-state index contributed by atoms with van der Waals surface area (Å²) in [6.45, 7) is 0. The van der Waals surface area contributed by atoms with Gasteiger partial charge in [-0.2, -0.15) is 0 Å². The summed E-state index contributed by atoms with van der Waals surface area (Å²) in [6.07, 6.45) is 2.77. The molecular formula is C19H21N3O3. The van der Waals surface area contributed by atoms with E-state index in [4.69, 9.17) is 15.3 Å². The molecule has 0 aliphatic carbocycles. The van der Waals surface area contributed by atoms with E-state index in [1.54, 1.807) is 0 Å². The van der Waals surface area contributed by atoms with Gasteiger partial charge >= 0.3 is 0 Å². The van der Waals surface area contributed by atoms with Crippen LogP contribution in [-0.4, -0.2) is 20.0 Å². The van der Waals surface area contributed by atoms with Gasteiger partial charge in [-0.3, -0.25) is 10.2 Å². The van der Waals surface area contributed by atoms with Gasteiger partial charge in [0.2, 0.25) is 5.91 Å². The Hall–Kier alpha value is -2.99. The summed E-state index contributed by atoms with van der Waals surface area (Å²) >= 11 is 0. The standard InChI is InChI=1S/C19H21N3O3/c1-22(2)15-7-3-14(4-8-15)12-19-24-16-9-5-13(11-17(16)25-19)6-10-18(23)21-20/h3-5,7-9,11-12H,6,10,20H2,1-2H3,(H,21,23)/b19-12-. The third-order valence-corrected chi connectivity index (χ3v) is 3.92. The van der Waals surface area contributed by atoms with Crippen LogP contribution >= 0.6 is 0 Å². The maximum Gasteiger partial charge on any atom is 0.291 e. The minimum atomic E-state index is -0.195. The fourth-order valence-electron chi connectivity index (χ4n) is 2.50. The zero-order valence-electron chi connectivity index (χ0n) is 14.3.